The lowest BCUT2D eigenvalue weighted by atomic mass is 10.0. The second kappa shape index (κ2) is 7.37. The standard InChI is InChI=1S/C17H22N2O3S/c1-4-15(13-8-6-5-7-9-13)18-14-10-11-16(17(12-14)22-2)19-23(3,20)21/h5-12,15,18-19H,4H2,1-3H3. The minimum Gasteiger partial charge on any atom is -0.494 e. The summed E-state index contributed by atoms with van der Waals surface area (Å²) in [5.41, 5.74) is 2.50. The Kier molecular flexibility index (Phi) is 5.50. The van der Waals surface area contributed by atoms with Gasteiger partial charge in [-0.1, -0.05) is 37.3 Å². The quantitative estimate of drug-likeness (QED) is 0.811. The Morgan fingerprint density at radius 3 is 2.39 bits per heavy atom. The summed E-state index contributed by atoms with van der Waals surface area (Å²) < 4.78 is 30.5. The average molecular weight is 334 g/mol. The van der Waals surface area contributed by atoms with Gasteiger partial charge in [-0.25, -0.2) is 8.42 Å². The zero-order chi connectivity index (χ0) is 16.9. The molecule has 2 aromatic carbocycles. The molecule has 0 aliphatic rings. The SMILES string of the molecule is CCC(Nc1ccc(NS(C)(=O)=O)c(OC)c1)c1ccccc1. The van der Waals surface area contributed by atoms with Gasteiger partial charge in [-0.15, -0.1) is 0 Å². The zero-order valence-corrected chi connectivity index (χ0v) is 14.4. The molecule has 6 heteroatoms. The maximum atomic E-state index is 11.4. The minimum atomic E-state index is -3.34. The third-order valence-electron chi connectivity index (χ3n) is 3.45. The van der Waals surface area contributed by atoms with E-state index in [4.69, 9.17) is 4.74 Å². The summed E-state index contributed by atoms with van der Waals surface area (Å²) in [6.07, 6.45) is 2.04. The van der Waals surface area contributed by atoms with Crippen molar-refractivity contribution in [3.63, 3.8) is 0 Å². The van der Waals surface area contributed by atoms with Crippen molar-refractivity contribution >= 4 is 21.4 Å². The molecule has 0 spiro atoms. The topological polar surface area (TPSA) is 67.4 Å². The third kappa shape index (κ3) is 4.89. The molecule has 2 rings (SSSR count). The Bertz CT molecular complexity index is 746. The molecule has 23 heavy (non-hydrogen) atoms. The molecule has 0 saturated heterocycles. The van der Waals surface area contributed by atoms with E-state index in [9.17, 15) is 8.42 Å². The van der Waals surface area contributed by atoms with Crippen LogP contribution in [-0.4, -0.2) is 21.8 Å². The van der Waals surface area contributed by atoms with Crippen LogP contribution in [0.2, 0.25) is 0 Å². The van der Waals surface area contributed by atoms with Gasteiger partial charge in [0.05, 0.1) is 25.1 Å². The highest BCUT2D eigenvalue weighted by Crippen LogP contribution is 2.31. The van der Waals surface area contributed by atoms with E-state index in [1.165, 1.54) is 12.7 Å². The van der Waals surface area contributed by atoms with E-state index in [1.54, 1.807) is 12.1 Å². The smallest absolute Gasteiger partial charge is 0.229 e. The number of nitrogens with one attached hydrogen (secondary N) is 2. The number of sulfonamides is 1. The van der Waals surface area contributed by atoms with E-state index in [1.807, 2.05) is 24.3 Å². The molecule has 2 aromatic rings. The van der Waals surface area contributed by atoms with Crippen LogP contribution in [-0.2, 0) is 10.0 Å². The van der Waals surface area contributed by atoms with Gasteiger partial charge in [0, 0.05) is 11.8 Å². The fourth-order valence-electron chi connectivity index (χ4n) is 2.37. The van der Waals surface area contributed by atoms with Crippen LogP contribution in [0.1, 0.15) is 24.9 Å². The molecule has 1 unspecified atom stereocenters. The number of hydrogen-bond donors (Lipinski definition) is 2. The summed E-state index contributed by atoms with van der Waals surface area (Å²) in [7, 11) is -1.83. The molecule has 124 valence electrons. The number of hydrogen-bond acceptors (Lipinski definition) is 4. The van der Waals surface area contributed by atoms with Crippen molar-refractivity contribution in [3.8, 4) is 5.75 Å². The highest BCUT2D eigenvalue weighted by Gasteiger charge is 2.12. The van der Waals surface area contributed by atoms with Gasteiger partial charge >= 0.3 is 0 Å². The van der Waals surface area contributed by atoms with Crippen molar-refractivity contribution < 1.29 is 13.2 Å². The van der Waals surface area contributed by atoms with E-state index in [2.05, 4.69) is 29.1 Å². The van der Waals surface area contributed by atoms with Gasteiger partial charge in [-0.05, 0) is 24.1 Å². The van der Waals surface area contributed by atoms with E-state index in [0.29, 0.717) is 11.4 Å². The molecule has 0 saturated carbocycles. The molecular formula is C17H22N2O3S. The molecule has 0 aliphatic heterocycles. The first kappa shape index (κ1) is 17.1. The van der Waals surface area contributed by atoms with Gasteiger partial charge in [-0.3, -0.25) is 4.72 Å². The summed E-state index contributed by atoms with van der Waals surface area (Å²) in [6, 6.07) is 15.7. The highest BCUT2D eigenvalue weighted by molar-refractivity contribution is 7.92. The lowest BCUT2D eigenvalue weighted by Crippen LogP contribution is -2.12. The molecule has 0 radical (unpaired) electrons. The third-order valence-corrected chi connectivity index (χ3v) is 4.04. The first-order chi connectivity index (χ1) is 10.9. The fourth-order valence-corrected chi connectivity index (χ4v) is 2.94. The lowest BCUT2D eigenvalue weighted by Gasteiger charge is -2.20. The molecule has 0 amide bonds. The predicted octanol–water partition coefficient (Wildman–Crippen LogP) is 3.63. The van der Waals surface area contributed by atoms with Crippen molar-refractivity contribution in [2.45, 2.75) is 19.4 Å². The van der Waals surface area contributed by atoms with Crippen molar-refractivity contribution in [3.05, 3.63) is 54.1 Å². The van der Waals surface area contributed by atoms with Crippen molar-refractivity contribution in [2.75, 3.05) is 23.4 Å². The number of methoxy groups -OCH3 is 1. The molecule has 0 heterocycles. The molecular weight excluding hydrogens is 312 g/mol. The van der Waals surface area contributed by atoms with Crippen LogP contribution in [0.5, 0.6) is 5.75 Å². The second-order valence-electron chi connectivity index (χ2n) is 5.31. The Morgan fingerprint density at radius 2 is 1.83 bits per heavy atom. The van der Waals surface area contributed by atoms with E-state index in [-0.39, 0.29) is 6.04 Å². The minimum absolute atomic E-state index is 0.176. The summed E-state index contributed by atoms with van der Waals surface area (Å²) >= 11 is 0. The van der Waals surface area contributed by atoms with Crippen molar-refractivity contribution in [1.29, 1.82) is 0 Å². The normalized spacial score (nSPS) is 12.5. The van der Waals surface area contributed by atoms with Crippen molar-refractivity contribution in [2.24, 2.45) is 0 Å². The monoisotopic (exact) mass is 334 g/mol. The Hall–Kier alpha value is -2.21. The summed E-state index contributed by atoms with van der Waals surface area (Å²) in [5.74, 6) is 0.475. The molecule has 0 bridgehead atoms. The number of benzene rings is 2. The summed E-state index contributed by atoms with van der Waals surface area (Å²) in [6.45, 7) is 2.11. The van der Waals surface area contributed by atoms with Gasteiger partial charge < -0.3 is 10.1 Å². The highest BCUT2D eigenvalue weighted by atomic mass is 32.2. The average Bonchev–Trinajstić information content (AvgIpc) is 2.53. The van der Waals surface area contributed by atoms with Gasteiger partial charge in [0.1, 0.15) is 5.75 Å². The molecule has 0 fully saturated rings. The summed E-state index contributed by atoms with van der Waals surface area (Å²) in [5, 5.41) is 3.45. The molecule has 0 aliphatic carbocycles. The molecule has 2 N–H and O–H groups in total. The Balaban J connectivity index is 2.23. The van der Waals surface area contributed by atoms with Crippen LogP contribution >= 0.6 is 0 Å². The van der Waals surface area contributed by atoms with Crippen LogP contribution in [0.4, 0.5) is 11.4 Å². The maximum Gasteiger partial charge on any atom is 0.229 e. The van der Waals surface area contributed by atoms with Gasteiger partial charge in [0.2, 0.25) is 10.0 Å². The largest absolute Gasteiger partial charge is 0.494 e. The predicted molar refractivity (Wildman–Crippen MR) is 94.6 cm³/mol. The number of anilines is 2. The van der Waals surface area contributed by atoms with E-state index < -0.39 is 10.0 Å². The maximum absolute atomic E-state index is 11.4. The Morgan fingerprint density at radius 1 is 1.13 bits per heavy atom. The first-order valence-corrected chi connectivity index (χ1v) is 9.29. The summed E-state index contributed by atoms with van der Waals surface area (Å²) in [4.78, 5) is 0. The zero-order valence-electron chi connectivity index (χ0n) is 13.5. The van der Waals surface area contributed by atoms with Gasteiger partial charge in [0.15, 0.2) is 0 Å². The second-order valence-corrected chi connectivity index (χ2v) is 7.05. The van der Waals surface area contributed by atoms with Gasteiger partial charge in [-0.2, -0.15) is 0 Å². The number of rotatable bonds is 7. The first-order valence-electron chi connectivity index (χ1n) is 7.40. The molecule has 5 nitrogen and oxygen atoms in total. The van der Waals surface area contributed by atoms with Crippen LogP contribution in [0.25, 0.3) is 0 Å². The van der Waals surface area contributed by atoms with E-state index in [0.717, 1.165) is 18.4 Å². The Labute approximate surface area is 137 Å². The molecule has 0 aromatic heterocycles. The number of ether oxygens (including phenoxy) is 1. The van der Waals surface area contributed by atoms with Gasteiger partial charge in [0.25, 0.3) is 0 Å². The van der Waals surface area contributed by atoms with Crippen molar-refractivity contribution in [1.82, 2.24) is 0 Å². The van der Waals surface area contributed by atoms with Crippen LogP contribution in [0.15, 0.2) is 48.5 Å². The lowest BCUT2D eigenvalue weighted by molar-refractivity contribution is 0.417. The fraction of sp³-hybridized carbons (Fsp3) is 0.294. The van der Waals surface area contributed by atoms with Crippen LogP contribution < -0.4 is 14.8 Å². The van der Waals surface area contributed by atoms with E-state index >= 15 is 0 Å². The van der Waals surface area contributed by atoms with Crippen LogP contribution in [0.3, 0.4) is 0 Å². The molecule has 1 atom stereocenters. The van der Waals surface area contributed by atoms with Crippen LogP contribution in [0, 0.1) is 0 Å².